The number of sulfonamides is 1. The maximum Gasteiger partial charge on any atom is 0.247 e. The van der Waals surface area contributed by atoms with Crippen LogP contribution in [0.2, 0.25) is 0 Å². The summed E-state index contributed by atoms with van der Waals surface area (Å²) in [5.74, 6) is 0.420. The molecule has 0 spiro atoms. The lowest BCUT2D eigenvalue weighted by Gasteiger charge is -2.27. The van der Waals surface area contributed by atoms with Crippen LogP contribution in [0.4, 0.5) is 0 Å². The van der Waals surface area contributed by atoms with Crippen LogP contribution in [0.15, 0.2) is 29.2 Å². The molecule has 2 aliphatic heterocycles. The minimum absolute atomic E-state index is 0.0670. The predicted octanol–water partition coefficient (Wildman–Crippen LogP) is 1.21. The molecule has 2 atom stereocenters. The molecule has 0 amide bonds. The number of para-hydroxylation sites is 1. The van der Waals surface area contributed by atoms with Crippen LogP contribution in [0.25, 0.3) is 0 Å². The number of methoxy groups -OCH3 is 1. The second-order valence-electron chi connectivity index (χ2n) is 5.36. The number of benzene rings is 1. The number of ether oxygens (including phenoxy) is 1. The fourth-order valence-electron chi connectivity index (χ4n) is 3.28. The molecule has 1 aromatic rings. The quantitative estimate of drug-likeness (QED) is 0.911. The van der Waals surface area contributed by atoms with Gasteiger partial charge in [0.05, 0.1) is 7.11 Å². The molecule has 2 saturated heterocycles. The molecule has 1 N–H and O–H groups in total. The Labute approximate surface area is 120 Å². The second kappa shape index (κ2) is 5.35. The van der Waals surface area contributed by atoms with Crippen molar-refractivity contribution in [2.45, 2.75) is 36.2 Å². The first-order chi connectivity index (χ1) is 9.64. The zero-order valence-electron chi connectivity index (χ0n) is 11.6. The molecule has 0 radical (unpaired) electrons. The molecule has 2 fully saturated rings. The first kappa shape index (κ1) is 13.9. The van der Waals surface area contributed by atoms with Gasteiger partial charge in [0, 0.05) is 18.6 Å². The van der Waals surface area contributed by atoms with Gasteiger partial charge in [0.25, 0.3) is 0 Å². The lowest BCUT2D eigenvalue weighted by atomic mass is 10.1. The van der Waals surface area contributed by atoms with Gasteiger partial charge < -0.3 is 10.1 Å². The van der Waals surface area contributed by atoms with Crippen molar-refractivity contribution in [3.8, 4) is 5.75 Å². The molecule has 0 aromatic heterocycles. The fourth-order valence-corrected chi connectivity index (χ4v) is 5.34. The topological polar surface area (TPSA) is 58.6 Å². The van der Waals surface area contributed by atoms with Crippen LogP contribution in [-0.4, -0.2) is 45.0 Å². The highest BCUT2D eigenvalue weighted by Gasteiger charge is 2.43. The van der Waals surface area contributed by atoms with Gasteiger partial charge in [0.2, 0.25) is 10.0 Å². The van der Waals surface area contributed by atoms with Crippen molar-refractivity contribution in [3.63, 3.8) is 0 Å². The molecule has 110 valence electrons. The maximum atomic E-state index is 13.0. The number of fused-ring (bicyclic) bond motifs is 2. The van der Waals surface area contributed by atoms with Crippen molar-refractivity contribution in [3.05, 3.63) is 24.3 Å². The SMILES string of the molecule is COc1ccccc1S(=O)(=O)N1C2CCNCC1CC2. The zero-order valence-corrected chi connectivity index (χ0v) is 12.4. The van der Waals surface area contributed by atoms with Crippen LogP contribution >= 0.6 is 0 Å². The van der Waals surface area contributed by atoms with E-state index in [0.29, 0.717) is 5.75 Å². The van der Waals surface area contributed by atoms with Crippen molar-refractivity contribution < 1.29 is 13.2 Å². The fraction of sp³-hybridized carbons (Fsp3) is 0.571. The molecule has 2 unspecified atom stereocenters. The third-order valence-corrected chi connectivity index (χ3v) is 6.26. The molecule has 1 aromatic carbocycles. The average molecular weight is 296 g/mol. The van der Waals surface area contributed by atoms with E-state index in [2.05, 4.69) is 5.32 Å². The largest absolute Gasteiger partial charge is 0.495 e. The molecule has 5 nitrogen and oxygen atoms in total. The van der Waals surface area contributed by atoms with Gasteiger partial charge in [0.1, 0.15) is 10.6 Å². The molecule has 0 saturated carbocycles. The van der Waals surface area contributed by atoms with E-state index in [1.54, 1.807) is 28.6 Å². The van der Waals surface area contributed by atoms with Crippen molar-refractivity contribution >= 4 is 10.0 Å². The van der Waals surface area contributed by atoms with Gasteiger partial charge in [-0.1, -0.05) is 12.1 Å². The average Bonchev–Trinajstić information content (AvgIpc) is 2.72. The van der Waals surface area contributed by atoms with Crippen molar-refractivity contribution in [1.82, 2.24) is 9.62 Å². The number of nitrogens with zero attached hydrogens (tertiary/aromatic N) is 1. The highest BCUT2D eigenvalue weighted by atomic mass is 32.2. The van der Waals surface area contributed by atoms with Gasteiger partial charge in [-0.15, -0.1) is 0 Å². The monoisotopic (exact) mass is 296 g/mol. The third-order valence-electron chi connectivity index (χ3n) is 4.21. The highest BCUT2D eigenvalue weighted by Crippen LogP contribution is 2.36. The van der Waals surface area contributed by atoms with Crippen molar-refractivity contribution in [2.75, 3.05) is 20.2 Å². The Morgan fingerprint density at radius 1 is 1.20 bits per heavy atom. The van der Waals surface area contributed by atoms with E-state index in [-0.39, 0.29) is 17.0 Å². The summed E-state index contributed by atoms with van der Waals surface area (Å²) in [6.07, 6.45) is 2.78. The van der Waals surface area contributed by atoms with E-state index in [1.165, 1.54) is 7.11 Å². The van der Waals surface area contributed by atoms with E-state index in [0.717, 1.165) is 32.4 Å². The molecule has 2 heterocycles. The van der Waals surface area contributed by atoms with Crippen LogP contribution in [0.3, 0.4) is 0 Å². The molecular formula is C14H20N2O3S. The highest BCUT2D eigenvalue weighted by molar-refractivity contribution is 7.89. The number of nitrogens with one attached hydrogen (secondary N) is 1. The molecule has 3 rings (SSSR count). The molecule has 2 aliphatic rings. The van der Waals surface area contributed by atoms with E-state index in [4.69, 9.17) is 4.74 Å². The third kappa shape index (κ3) is 2.21. The standard InChI is InChI=1S/C14H20N2O3S/c1-19-13-4-2-3-5-14(13)20(17,18)16-11-6-7-12(16)10-15-9-8-11/h2-5,11-12,15H,6-10H2,1H3. The summed E-state index contributed by atoms with van der Waals surface area (Å²) in [5.41, 5.74) is 0. The molecule has 6 heteroatoms. The van der Waals surface area contributed by atoms with E-state index >= 15 is 0 Å². The van der Waals surface area contributed by atoms with E-state index < -0.39 is 10.0 Å². The Bertz CT molecular complexity index is 574. The molecule has 2 bridgehead atoms. The normalized spacial score (nSPS) is 27.2. The summed E-state index contributed by atoms with van der Waals surface area (Å²) < 4.78 is 32.9. The van der Waals surface area contributed by atoms with E-state index in [1.807, 2.05) is 0 Å². The predicted molar refractivity (Wildman–Crippen MR) is 76.3 cm³/mol. The van der Waals surface area contributed by atoms with Crippen molar-refractivity contribution in [2.24, 2.45) is 0 Å². The minimum Gasteiger partial charge on any atom is -0.495 e. The number of hydrogen-bond donors (Lipinski definition) is 1. The molecule has 0 aliphatic carbocycles. The van der Waals surface area contributed by atoms with E-state index in [9.17, 15) is 8.42 Å². The van der Waals surface area contributed by atoms with Crippen LogP contribution < -0.4 is 10.1 Å². The Morgan fingerprint density at radius 2 is 1.95 bits per heavy atom. The van der Waals surface area contributed by atoms with Gasteiger partial charge in [-0.2, -0.15) is 4.31 Å². The number of rotatable bonds is 3. The van der Waals surface area contributed by atoms with Gasteiger partial charge in [0.15, 0.2) is 0 Å². The first-order valence-corrected chi connectivity index (χ1v) is 8.46. The molecule has 20 heavy (non-hydrogen) atoms. The lowest BCUT2D eigenvalue weighted by molar-refractivity contribution is 0.331. The van der Waals surface area contributed by atoms with Gasteiger partial charge in [-0.3, -0.25) is 0 Å². The maximum absolute atomic E-state index is 13.0. The summed E-state index contributed by atoms with van der Waals surface area (Å²) in [5, 5.41) is 3.32. The number of hydrogen-bond acceptors (Lipinski definition) is 4. The lowest BCUT2D eigenvalue weighted by Crippen LogP contribution is -2.42. The Morgan fingerprint density at radius 3 is 2.75 bits per heavy atom. The van der Waals surface area contributed by atoms with Crippen LogP contribution in [-0.2, 0) is 10.0 Å². The van der Waals surface area contributed by atoms with Crippen LogP contribution in [0.1, 0.15) is 19.3 Å². The Hall–Kier alpha value is -1.11. The minimum atomic E-state index is -3.50. The van der Waals surface area contributed by atoms with Crippen molar-refractivity contribution in [1.29, 1.82) is 0 Å². The molecular weight excluding hydrogens is 276 g/mol. The Balaban J connectivity index is 2.03. The summed E-state index contributed by atoms with van der Waals surface area (Å²) in [6, 6.07) is 7.04. The van der Waals surface area contributed by atoms with Gasteiger partial charge >= 0.3 is 0 Å². The summed E-state index contributed by atoms with van der Waals surface area (Å²) in [6.45, 7) is 1.63. The zero-order chi connectivity index (χ0) is 14.2. The smallest absolute Gasteiger partial charge is 0.247 e. The van der Waals surface area contributed by atoms with Crippen LogP contribution in [0, 0.1) is 0 Å². The van der Waals surface area contributed by atoms with Gasteiger partial charge in [-0.25, -0.2) is 8.42 Å². The Kier molecular flexibility index (Phi) is 3.70. The summed E-state index contributed by atoms with van der Waals surface area (Å²) in [7, 11) is -1.99. The second-order valence-corrected chi connectivity index (χ2v) is 7.18. The first-order valence-electron chi connectivity index (χ1n) is 7.02. The summed E-state index contributed by atoms with van der Waals surface area (Å²) in [4.78, 5) is 0.279. The van der Waals surface area contributed by atoms with Crippen LogP contribution in [0.5, 0.6) is 5.75 Å². The summed E-state index contributed by atoms with van der Waals surface area (Å²) >= 11 is 0. The van der Waals surface area contributed by atoms with Gasteiger partial charge in [-0.05, 0) is 37.9 Å².